The highest BCUT2D eigenvalue weighted by Crippen LogP contribution is 2.51. The monoisotopic (exact) mass is 200 g/mol. The van der Waals surface area contributed by atoms with Crippen LogP contribution in [0.4, 0.5) is 4.39 Å². The van der Waals surface area contributed by atoms with Gasteiger partial charge in [-0.3, -0.25) is 0 Å². The molecule has 1 aliphatic rings. The molecule has 2 atom stereocenters. The second-order valence-electron chi connectivity index (χ2n) is 3.66. The summed E-state index contributed by atoms with van der Waals surface area (Å²) in [5, 5.41) is 9.97. The number of halogens is 2. The summed E-state index contributed by atoms with van der Waals surface area (Å²) in [4.78, 5) is 0. The van der Waals surface area contributed by atoms with Crippen molar-refractivity contribution in [1.82, 2.24) is 0 Å². The van der Waals surface area contributed by atoms with Gasteiger partial charge in [-0.05, 0) is 30.0 Å². The van der Waals surface area contributed by atoms with Crippen molar-refractivity contribution in [3.8, 4) is 0 Å². The Kier molecular flexibility index (Phi) is 1.86. The van der Waals surface area contributed by atoms with E-state index in [1.54, 1.807) is 6.07 Å². The topological polar surface area (TPSA) is 20.2 Å². The van der Waals surface area contributed by atoms with Crippen molar-refractivity contribution < 1.29 is 9.50 Å². The molecular weight excluding hydrogens is 191 g/mol. The van der Waals surface area contributed by atoms with Gasteiger partial charge in [0.15, 0.2) is 0 Å². The third-order valence-electron chi connectivity index (χ3n) is 2.69. The smallest absolute Gasteiger partial charge is 0.142 e. The van der Waals surface area contributed by atoms with Gasteiger partial charge in [-0.25, -0.2) is 4.39 Å². The largest absolute Gasteiger partial charge is 0.385 e. The molecule has 1 fully saturated rings. The third-order valence-corrected chi connectivity index (χ3v) is 3.00. The van der Waals surface area contributed by atoms with E-state index in [2.05, 4.69) is 0 Å². The van der Waals surface area contributed by atoms with E-state index in [-0.39, 0.29) is 10.9 Å². The van der Waals surface area contributed by atoms with E-state index >= 15 is 0 Å². The van der Waals surface area contributed by atoms with Gasteiger partial charge in [-0.2, -0.15) is 0 Å². The van der Waals surface area contributed by atoms with E-state index < -0.39 is 11.4 Å². The van der Waals surface area contributed by atoms with E-state index in [0.717, 1.165) is 0 Å². The maximum Gasteiger partial charge on any atom is 0.142 e. The van der Waals surface area contributed by atoms with Crippen LogP contribution in [0.2, 0.25) is 5.02 Å². The van der Waals surface area contributed by atoms with Crippen molar-refractivity contribution in [2.24, 2.45) is 5.92 Å². The summed E-state index contributed by atoms with van der Waals surface area (Å²) in [6.45, 7) is 1.94. The third kappa shape index (κ3) is 1.34. The molecule has 0 amide bonds. The highest BCUT2D eigenvalue weighted by molar-refractivity contribution is 6.30. The van der Waals surface area contributed by atoms with Crippen LogP contribution >= 0.6 is 11.6 Å². The van der Waals surface area contributed by atoms with Crippen LogP contribution in [0.25, 0.3) is 0 Å². The molecule has 1 nitrogen and oxygen atoms in total. The van der Waals surface area contributed by atoms with Crippen molar-refractivity contribution in [1.29, 1.82) is 0 Å². The molecule has 2 unspecified atom stereocenters. The van der Waals surface area contributed by atoms with Gasteiger partial charge in [0.2, 0.25) is 0 Å². The van der Waals surface area contributed by atoms with Gasteiger partial charge in [0.05, 0.1) is 10.6 Å². The molecule has 1 aliphatic carbocycles. The van der Waals surface area contributed by atoms with Gasteiger partial charge in [-0.15, -0.1) is 0 Å². The van der Waals surface area contributed by atoms with Crippen molar-refractivity contribution in [3.05, 3.63) is 34.6 Å². The summed E-state index contributed by atoms with van der Waals surface area (Å²) in [5.41, 5.74) is -0.187. The number of hydrogen-bond donors (Lipinski definition) is 1. The van der Waals surface area contributed by atoms with Gasteiger partial charge in [0, 0.05) is 0 Å². The summed E-state index contributed by atoms with van der Waals surface area (Å²) in [6.07, 6.45) is 0.702. The standard InChI is InChI=1S/C10H10ClFO/c1-6-5-10(6,13)7-2-3-8(11)9(12)4-7/h2-4,6,13H,5H2,1H3. The molecular formula is C10H10ClFO. The van der Waals surface area contributed by atoms with E-state index in [4.69, 9.17) is 11.6 Å². The zero-order chi connectivity index (χ0) is 9.64. The Labute approximate surface area is 81.1 Å². The van der Waals surface area contributed by atoms with Crippen molar-refractivity contribution in [2.75, 3.05) is 0 Å². The minimum absolute atomic E-state index is 0.0978. The average Bonchev–Trinajstić information content (AvgIpc) is 2.67. The van der Waals surface area contributed by atoms with Crippen LogP contribution in [0.15, 0.2) is 18.2 Å². The van der Waals surface area contributed by atoms with Crippen LogP contribution in [-0.2, 0) is 5.60 Å². The van der Waals surface area contributed by atoms with Gasteiger partial charge in [-0.1, -0.05) is 24.6 Å². The lowest BCUT2D eigenvalue weighted by Crippen LogP contribution is -2.07. The fraction of sp³-hybridized carbons (Fsp3) is 0.400. The Morgan fingerprint density at radius 3 is 2.69 bits per heavy atom. The Balaban J connectivity index is 2.38. The SMILES string of the molecule is CC1CC1(O)c1ccc(Cl)c(F)c1. The lowest BCUT2D eigenvalue weighted by Gasteiger charge is -2.09. The predicted molar refractivity (Wildman–Crippen MR) is 49.1 cm³/mol. The van der Waals surface area contributed by atoms with Crippen LogP contribution in [0.1, 0.15) is 18.9 Å². The van der Waals surface area contributed by atoms with Crippen LogP contribution in [0.3, 0.4) is 0 Å². The van der Waals surface area contributed by atoms with E-state index in [1.165, 1.54) is 12.1 Å². The lowest BCUT2D eigenvalue weighted by atomic mass is 10.1. The number of rotatable bonds is 1. The second-order valence-corrected chi connectivity index (χ2v) is 4.07. The first-order valence-corrected chi connectivity index (χ1v) is 4.60. The molecule has 1 saturated carbocycles. The van der Waals surface area contributed by atoms with Crippen molar-refractivity contribution >= 4 is 11.6 Å². The lowest BCUT2D eigenvalue weighted by molar-refractivity contribution is 0.134. The zero-order valence-electron chi connectivity index (χ0n) is 7.22. The molecule has 0 heterocycles. The molecule has 0 saturated heterocycles. The summed E-state index contributed by atoms with van der Waals surface area (Å²) >= 11 is 5.53. The molecule has 2 rings (SSSR count). The summed E-state index contributed by atoms with van der Waals surface area (Å²) < 4.78 is 13.0. The summed E-state index contributed by atoms with van der Waals surface area (Å²) in [5.74, 6) is -0.250. The molecule has 70 valence electrons. The molecule has 1 aromatic rings. The van der Waals surface area contributed by atoms with Gasteiger partial charge >= 0.3 is 0 Å². The maximum absolute atomic E-state index is 13.0. The molecule has 0 aromatic heterocycles. The molecule has 1 aromatic carbocycles. The molecule has 0 bridgehead atoms. The quantitative estimate of drug-likeness (QED) is 0.739. The maximum atomic E-state index is 13.0. The summed E-state index contributed by atoms with van der Waals surface area (Å²) in [7, 11) is 0. The molecule has 0 radical (unpaired) electrons. The minimum Gasteiger partial charge on any atom is -0.385 e. The van der Waals surface area contributed by atoms with Crippen LogP contribution < -0.4 is 0 Å². The Bertz CT molecular complexity index is 353. The first kappa shape index (κ1) is 8.97. The number of aliphatic hydroxyl groups is 1. The van der Waals surface area contributed by atoms with Gasteiger partial charge in [0.1, 0.15) is 5.82 Å². The van der Waals surface area contributed by atoms with E-state index in [1.807, 2.05) is 6.92 Å². The van der Waals surface area contributed by atoms with E-state index in [0.29, 0.717) is 12.0 Å². The van der Waals surface area contributed by atoms with Gasteiger partial charge < -0.3 is 5.11 Å². The second kappa shape index (κ2) is 2.69. The molecule has 13 heavy (non-hydrogen) atoms. The molecule has 1 N–H and O–H groups in total. The first-order valence-electron chi connectivity index (χ1n) is 4.22. The Morgan fingerprint density at radius 2 is 2.23 bits per heavy atom. The highest BCUT2D eigenvalue weighted by atomic mass is 35.5. The predicted octanol–water partition coefficient (Wildman–Crippen LogP) is 2.71. The van der Waals surface area contributed by atoms with Crippen LogP contribution in [-0.4, -0.2) is 5.11 Å². The van der Waals surface area contributed by atoms with Gasteiger partial charge in [0.25, 0.3) is 0 Å². The molecule has 0 spiro atoms. The number of hydrogen-bond acceptors (Lipinski definition) is 1. The minimum atomic E-state index is -0.814. The van der Waals surface area contributed by atoms with Crippen LogP contribution in [0.5, 0.6) is 0 Å². The van der Waals surface area contributed by atoms with Crippen molar-refractivity contribution in [2.45, 2.75) is 18.9 Å². The number of benzene rings is 1. The zero-order valence-corrected chi connectivity index (χ0v) is 7.98. The van der Waals surface area contributed by atoms with Crippen molar-refractivity contribution in [3.63, 3.8) is 0 Å². The van der Waals surface area contributed by atoms with E-state index in [9.17, 15) is 9.50 Å². The fourth-order valence-corrected chi connectivity index (χ4v) is 1.69. The molecule has 3 heteroatoms. The fourth-order valence-electron chi connectivity index (χ4n) is 1.58. The molecule has 0 aliphatic heterocycles. The van der Waals surface area contributed by atoms with Crippen LogP contribution in [0, 0.1) is 11.7 Å². The summed E-state index contributed by atoms with van der Waals surface area (Å²) in [6, 6.07) is 4.47. The normalized spacial score (nSPS) is 31.8. The first-order chi connectivity index (χ1) is 6.04. The Hall–Kier alpha value is -0.600. The highest BCUT2D eigenvalue weighted by Gasteiger charge is 2.51. The Morgan fingerprint density at radius 1 is 1.62 bits per heavy atom. The average molecular weight is 201 g/mol.